The van der Waals surface area contributed by atoms with Gasteiger partial charge in [-0.1, -0.05) is 67.2 Å². The topological polar surface area (TPSA) is 0 Å². The van der Waals surface area contributed by atoms with Crippen molar-refractivity contribution in [2.75, 3.05) is 0 Å². The predicted molar refractivity (Wildman–Crippen MR) is 118 cm³/mol. The van der Waals surface area contributed by atoms with Crippen LogP contribution in [0.2, 0.25) is 0 Å². The molecule has 27 heavy (non-hydrogen) atoms. The van der Waals surface area contributed by atoms with Crippen LogP contribution < -0.4 is 0 Å². The van der Waals surface area contributed by atoms with E-state index in [0.29, 0.717) is 10.8 Å². The van der Waals surface area contributed by atoms with Crippen molar-refractivity contribution in [3.63, 3.8) is 0 Å². The molecule has 0 heterocycles. The summed E-state index contributed by atoms with van der Waals surface area (Å²) in [6, 6.07) is 0. The zero-order valence-corrected chi connectivity index (χ0v) is 19.4. The van der Waals surface area contributed by atoms with E-state index in [9.17, 15) is 0 Å². The SMILES string of the molecule is CC(C)(C)C1CCC2C3CCC(C(C)(C)C)CC3C(CC3CCCC3)C2C1. The van der Waals surface area contributed by atoms with Gasteiger partial charge in [0.05, 0.1) is 0 Å². The minimum atomic E-state index is 0.518. The summed E-state index contributed by atoms with van der Waals surface area (Å²) < 4.78 is 0. The van der Waals surface area contributed by atoms with E-state index in [-0.39, 0.29) is 0 Å². The molecule has 0 nitrogen and oxygen atoms in total. The molecule has 0 radical (unpaired) electrons. The number of fused-ring (bicyclic) bond motifs is 3. The molecule has 4 aliphatic carbocycles. The van der Waals surface area contributed by atoms with Crippen LogP contribution in [0, 0.1) is 58.2 Å². The first-order chi connectivity index (χ1) is 12.6. The van der Waals surface area contributed by atoms with Crippen LogP contribution in [-0.4, -0.2) is 0 Å². The van der Waals surface area contributed by atoms with Crippen LogP contribution >= 0.6 is 0 Å². The fraction of sp³-hybridized carbons (Fsp3) is 1.00. The van der Waals surface area contributed by atoms with Crippen LogP contribution in [0.4, 0.5) is 0 Å². The average molecular weight is 373 g/mol. The highest BCUT2D eigenvalue weighted by Crippen LogP contribution is 2.63. The van der Waals surface area contributed by atoms with E-state index in [1.165, 1.54) is 25.7 Å². The van der Waals surface area contributed by atoms with Gasteiger partial charge >= 0.3 is 0 Å². The van der Waals surface area contributed by atoms with Crippen LogP contribution in [0.3, 0.4) is 0 Å². The Bertz CT molecular complexity index is 459. The zero-order valence-electron chi connectivity index (χ0n) is 19.4. The second-order valence-electron chi connectivity index (χ2n) is 13.5. The lowest BCUT2D eigenvalue weighted by molar-refractivity contribution is 0.0722. The maximum Gasteiger partial charge on any atom is -0.0349 e. The smallest absolute Gasteiger partial charge is 0.0349 e. The molecule has 0 bridgehead atoms. The molecule has 6 unspecified atom stereocenters. The molecule has 0 spiro atoms. The van der Waals surface area contributed by atoms with Gasteiger partial charge in [0.25, 0.3) is 0 Å². The minimum absolute atomic E-state index is 0.518. The van der Waals surface area contributed by atoms with E-state index in [2.05, 4.69) is 41.5 Å². The Balaban J connectivity index is 1.56. The van der Waals surface area contributed by atoms with Crippen molar-refractivity contribution in [2.45, 2.75) is 112 Å². The van der Waals surface area contributed by atoms with Gasteiger partial charge in [-0.25, -0.2) is 0 Å². The van der Waals surface area contributed by atoms with Crippen LogP contribution in [0.25, 0.3) is 0 Å². The normalized spacial score (nSPS) is 43.6. The molecule has 0 saturated heterocycles. The lowest BCUT2D eigenvalue weighted by Gasteiger charge is -2.43. The summed E-state index contributed by atoms with van der Waals surface area (Å²) >= 11 is 0. The molecule has 0 aromatic rings. The van der Waals surface area contributed by atoms with Gasteiger partial charge in [0, 0.05) is 0 Å². The second-order valence-corrected chi connectivity index (χ2v) is 13.5. The molecular formula is C27H48. The molecule has 4 fully saturated rings. The standard InChI is InChI=1S/C27H48/c1-26(2,3)19-11-13-21-22-14-12-20(27(4,5)6)17-25(22)23(24(21)16-19)15-18-9-7-8-10-18/h18-25H,7-17H2,1-6H3. The lowest BCUT2D eigenvalue weighted by atomic mass is 9.62. The number of hydrogen-bond donors (Lipinski definition) is 0. The van der Waals surface area contributed by atoms with E-state index < -0.39 is 0 Å². The second kappa shape index (κ2) is 7.36. The van der Waals surface area contributed by atoms with E-state index in [4.69, 9.17) is 0 Å². The Morgan fingerprint density at radius 2 is 1.00 bits per heavy atom. The summed E-state index contributed by atoms with van der Waals surface area (Å²) in [5.74, 6) is 8.47. The summed E-state index contributed by atoms with van der Waals surface area (Å²) in [6.07, 6.45) is 17.1. The van der Waals surface area contributed by atoms with Crippen molar-refractivity contribution in [2.24, 2.45) is 58.2 Å². The fourth-order valence-corrected chi connectivity index (χ4v) is 8.38. The highest BCUT2D eigenvalue weighted by atomic mass is 14.6. The molecule has 156 valence electrons. The van der Waals surface area contributed by atoms with Crippen molar-refractivity contribution in [1.29, 1.82) is 0 Å². The summed E-state index contributed by atoms with van der Waals surface area (Å²) in [5, 5.41) is 0. The molecule has 4 aliphatic rings. The summed E-state index contributed by atoms with van der Waals surface area (Å²) in [5.41, 5.74) is 1.04. The maximum atomic E-state index is 2.52. The van der Waals surface area contributed by atoms with E-state index in [1.807, 2.05) is 0 Å². The van der Waals surface area contributed by atoms with Gasteiger partial charge in [0.15, 0.2) is 0 Å². The first-order valence-corrected chi connectivity index (χ1v) is 12.6. The van der Waals surface area contributed by atoms with Gasteiger partial charge < -0.3 is 0 Å². The van der Waals surface area contributed by atoms with E-state index in [0.717, 1.165) is 47.3 Å². The molecular weight excluding hydrogens is 324 g/mol. The molecule has 4 saturated carbocycles. The van der Waals surface area contributed by atoms with Crippen molar-refractivity contribution >= 4 is 0 Å². The van der Waals surface area contributed by atoms with Crippen LogP contribution in [0.1, 0.15) is 112 Å². The highest BCUT2D eigenvalue weighted by molar-refractivity contribution is 5.04. The lowest BCUT2D eigenvalue weighted by Crippen LogP contribution is -2.33. The third kappa shape index (κ3) is 4.02. The highest BCUT2D eigenvalue weighted by Gasteiger charge is 2.55. The summed E-state index contributed by atoms with van der Waals surface area (Å²) in [6.45, 7) is 15.1. The van der Waals surface area contributed by atoms with Gasteiger partial charge in [0.2, 0.25) is 0 Å². The molecule has 0 aromatic heterocycles. The van der Waals surface area contributed by atoms with Gasteiger partial charge in [-0.2, -0.15) is 0 Å². The van der Waals surface area contributed by atoms with Crippen molar-refractivity contribution in [1.82, 2.24) is 0 Å². The monoisotopic (exact) mass is 372 g/mol. The van der Waals surface area contributed by atoms with E-state index >= 15 is 0 Å². The van der Waals surface area contributed by atoms with Crippen LogP contribution in [0.15, 0.2) is 0 Å². The Morgan fingerprint density at radius 3 is 1.41 bits per heavy atom. The minimum Gasteiger partial charge on any atom is -0.0599 e. The first-order valence-electron chi connectivity index (χ1n) is 12.6. The van der Waals surface area contributed by atoms with E-state index in [1.54, 1.807) is 44.9 Å². The van der Waals surface area contributed by atoms with Crippen molar-refractivity contribution in [3.05, 3.63) is 0 Å². The van der Waals surface area contributed by atoms with Crippen LogP contribution in [0.5, 0.6) is 0 Å². The van der Waals surface area contributed by atoms with Gasteiger partial charge in [-0.15, -0.1) is 0 Å². The predicted octanol–water partition coefficient (Wildman–Crippen LogP) is 8.35. The Hall–Kier alpha value is 0. The first kappa shape index (κ1) is 20.3. The van der Waals surface area contributed by atoms with Gasteiger partial charge in [0.1, 0.15) is 0 Å². The number of rotatable bonds is 2. The molecule has 0 aliphatic heterocycles. The van der Waals surface area contributed by atoms with Gasteiger partial charge in [-0.05, 0) is 103 Å². The molecule has 0 amide bonds. The Morgan fingerprint density at radius 1 is 0.556 bits per heavy atom. The Labute approximate surface area is 170 Å². The van der Waals surface area contributed by atoms with Crippen molar-refractivity contribution < 1.29 is 0 Å². The number of hydrogen-bond acceptors (Lipinski definition) is 0. The molecule has 0 heteroatoms. The zero-order chi connectivity index (χ0) is 19.4. The molecule has 4 rings (SSSR count). The van der Waals surface area contributed by atoms with Crippen LogP contribution in [-0.2, 0) is 0 Å². The quantitative estimate of drug-likeness (QED) is 0.457. The maximum absolute atomic E-state index is 2.52. The third-order valence-electron chi connectivity index (χ3n) is 10.1. The summed E-state index contributed by atoms with van der Waals surface area (Å²) in [4.78, 5) is 0. The summed E-state index contributed by atoms with van der Waals surface area (Å²) in [7, 11) is 0. The van der Waals surface area contributed by atoms with Crippen molar-refractivity contribution in [3.8, 4) is 0 Å². The molecule has 6 atom stereocenters. The largest absolute Gasteiger partial charge is 0.0599 e. The molecule has 0 aromatic carbocycles. The van der Waals surface area contributed by atoms with Gasteiger partial charge in [-0.3, -0.25) is 0 Å². The fourth-order valence-electron chi connectivity index (χ4n) is 8.38. The molecule has 0 N–H and O–H groups in total. The average Bonchev–Trinajstić information content (AvgIpc) is 3.20. The Kier molecular flexibility index (Phi) is 5.53. The third-order valence-corrected chi connectivity index (χ3v) is 10.1.